The summed E-state index contributed by atoms with van der Waals surface area (Å²) in [6, 6.07) is 7.29. The Morgan fingerprint density at radius 3 is 2.62 bits per heavy atom. The second-order valence-corrected chi connectivity index (χ2v) is 5.92. The fourth-order valence-electron chi connectivity index (χ4n) is 3.67. The number of aromatic nitrogens is 1. The normalized spacial score (nSPS) is 22.1. The number of benzene rings is 1. The molecule has 4 rings (SSSR count). The van der Waals surface area contributed by atoms with Crippen molar-refractivity contribution in [1.82, 2.24) is 4.98 Å². The van der Waals surface area contributed by atoms with E-state index in [0.29, 0.717) is 24.6 Å². The maximum absolute atomic E-state index is 13.9. The molecule has 2 aliphatic rings. The highest BCUT2D eigenvalue weighted by molar-refractivity contribution is 5.83. The molecule has 2 heterocycles. The van der Waals surface area contributed by atoms with Crippen LogP contribution < -0.4 is 0 Å². The Morgan fingerprint density at radius 1 is 1.10 bits per heavy atom. The lowest BCUT2D eigenvalue weighted by Crippen LogP contribution is -2.34. The van der Waals surface area contributed by atoms with Crippen molar-refractivity contribution in [3.05, 3.63) is 41.8 Å². The van der Waals surface area contributed by atoms with E-state index >= 15 is 0 Å². The van der Waals surface area contributed by atoms with Gasteiger partial charge in [0.25, 0.3) is 0 Å². The van der Waals surface area contributed by atoms with Crippen LogP contribution in [0.5, 0.6) is 0 Å². The lowest BCUT2D eigenvalue weighted by atomic mass is 9.80. The zero-order valence-corrected chi connectivity index (χ0v) is 11.8. The van der Waals surface area contributed by atoms with Crippen LogP contribution in [-0.2, 0) is 9.47 Å². The Balaban J connectivity index is 1.64. The predicted molar refractivity (Wildman–Crippen MR) is 77.5 cm³/mol. The molecule has 1 aromatic heterocycles. The first-order valence-electron chi connectivity index (χ1n) is 7.58. The van der Waals surface area contributed by atoms with Crippen LogP contribution in [0.4, 0.5) is 4.39 Å². The standard InChI is InChI=1S/C17H18FNO2/c18-15-4-3-13(14-2-1-9-19-16(14)15)12-5-7-17(8-6-12)20-10-11-21-17/h1-4,9,12H,5-8,10-11H2. The first kappa shape index (κ1) is 13.2. The molecule has 1 saturated heterocycles. The SMILES string of the molecule is Fc1ccc(C2CCC3(CC2)OCCO3)c2cccnc12. The van der Waals surface area contributed by atoms with Gasteiger partial charge in [0.1, 0.15) is 11.3 Å². The molecule has 3 nitrogen and oxygen atoms in total. The summed E-state index contributed by atoms with van der Waals surface area (Å²) in [5, 5.41) is 0.937. The van der Waals surface area contributed by atoms with E-state index in [1.165, 1.54) is 11.6 Å². The third kappa shape index (κ3) is 2.23. The van der Waals surface area contributed by atoms with Crippen molar-refractivity contribution < 1.29 is 13.9 Å². The van der Waals surface area contributed by atoms with Crippen molar-refractivity contribution >= 4 is 10.9 Å². The van der Waals surface area contributed by atoms with Crippen LogP contribution in [-0.4, -0.2) is 24.0 Å². The summed E-state index contributed by atoms with van der Waals surface area (Å²) in [6.07, 6.45) is 5.49. The number of hydrogen-bond acceptors (Lipinski definition) is 3. The summed E-state index contributed by atoms with van der Waals surface area (Å²) in [5.41, 5.74) is 1.68. The molecule has 1 aromatic carbocycles. The van der Waals surface area contributed by atoms with Crippen LogP contribution in [0.25, 0.3) is 10.9 Å². The van der Waals surface area contributed by atoms with Gasteiger partial charge in [-0.3, -0.25) is 4.98 Å². The third-order valence-electron chi connectivity index (χ3n) is 4.75. The second kappa shape index (κ2) is 5.04. The average Bonchev–Trinajstić information content (AvgIpc) is 2.98. The summed E-state index contributed by atoms with van der Waals surface area (Å²) in [5.74, 6) is -0.162. The molecule has 1 aliphatic heterocycles. The van der Waals surface area contributed by atoms with E-state index in [1.807, 2.05) is 18.2 Å². The Bertz CT molecular complexity index is 657. The molecule has 1 aliphatic carbocycles. The van der Waals surface area contributed by atoms with Gasteiger partial charge in [-0.05, 0) is 36.5 Å². The minimum Gasteiger partial charge on any atom is -0.348 e. The minimum absolute atomic E-state index is 0.246. The number of halogens is 1. The molecule has 110 valence electrons. The van der Waals surface area contributed by atoms with Gasteiger partial charge < -0.3 is 9.47 Å². The number of pyridine rings is 1. The van der Waals surface area contributed by atoms with Crippen molar-refractivity contribution in [2.45, 2.75) is 37.4 Å². The maximum Gasteiger partial charge on any atom is 0.168 e. The Morgan fingerprint density at radius 2 is 1.86 bits per heavy atom. The summed E-state index contributed by atoms with van der Waals surface area (Å²) < 4.78 is 25.4. The smallest absolute Gasteiger partial charge is 0.168 e. The van der Waals surface area contributed by atoms with Crippen LogP contribution in [0.1, 0.15) is 37.2 Å². The Kier molecular flexibility index (Phi) is 3.16. The molecule has 0 atom stereocenters. The highest BCUT2D eigenvalue weighted by Crippen LogP contribution is 2.43. The van der Waals surface area contributed by atoms with Crippen molar-refractivity contribution in [3.63, 3.8) is 0 Å². The number of ether oxygens (including phenoxy) is 2. The molecular formula is C17H18FNO2. The van der Waals surface area contributed by atoms with Gasteiger partial charge in [-0.1, -0.05) is 12.1 Å². The van der Waals surface area contributed by atoms with Gasteiger partial charge in [0.15, 0.2) is 5.79 Å². The van der Waals surface area contributed by atoms with Gasteiger partial charge in [-0.2, -0.15) is 0 Å². The molecule has 0 amide bonds. The molecule has 0 radical (unpaired) electrons. The summed E-state index contributed by atoms with van der Waals surface area (Å²) in [6.45, 7) is 1.40. The Labute approximate surface area is 123 Å². The van der Waals surface area contributed by atoms with Crippen LogP contribution >= 0.6 is 0 Å². The molecule has 4 heteroatoms. The van der Waals surface area contributed by atoms with Gasteiger partial charge >= 0.3 is 0 Å². The fraction of sp³-hybridized carbons (Fsp3) is 0.471. The van der Waals surface area contributed by atoms with Crippen LogP contribution in [0.2, 0.25) is 0 Å². The quantitative estimate of drug-likeness (QED) is 0.800. The van der Waals surface area contributed by atoms with Crippen LogP contribution in [0, 0.1) is 5.82 Å². The number of fused-ring (bicyclic) bond motifs is 1. The van der Waals surface area contributed by atoms with E-state index in [1.54, 1.807) is 6.20 Å². The lowest BCUT2D eigenvalue weighted by molar-refractivity contribution is -0.178. The van der Waals surface area contributed by atoms with Gasteiger partial charge in [-0.15, -0.1) is 0 Å². The minimum atomic E-state index is -0.343. The number of nitrogens with zero attached hydrogens (tertiary/aromatic N) is 1. The van der Waals surface area contributed by atoms with Crippen molar-refractivity contribution in [3.8, 4) is 0 Å². The largest absolute Gasteiger partial charge is 0.348 e. The van der Waals surface area contributed by atoms with E-state index in [2.05, 4.69) is 4.98 Å². The molecule has 0 bridgehead atoms. The van der Waals surface area contributed by atoms with E-state index in [-0.39, 0.29) is 11.6 Å². The average molecular weight is 287 g/mol. The zero-order valence-electron chi connectivity index (χ0n) is 11.8. The fourth-order valence-corrected chi connectivity index (χ4v) is 3.67. The molecule has 2 fully saturated rings. The summed E-state index contributed by atoms with van der Waals surface area (Å²) in [4.78, 5) is 4.18. The predicted octanol–water partition coefficient (Wildman–Crippen LogP) is 3.77. The van der Waals surface area contributed by atoms with Gasteiger partial charge in [-0.25, -0.2) is 4.39 Å². The second-order valence-electron chi connectivity index (χ2n) is 5.92. The number of hydrogen-bond donors (Lipinski definition) is 0. The maximum atomic E-state index is 13.9. The van der Waals surface area contributed by atoms with E-state index < -0.39 is 0 Å². The molecule has 0 unspecified atom stereocenters. The Hall–Kier alpha value is -1.52. The monoisotopic (exact) mass is 287 g/mol. The summed E-state index contributed by atoms with van der Waals surface area (Å²) >= 11 is 0. The summed E-state index contributed by atoms with van der Waals surface area (Å²) in [7, 11) is 0. The van der Waals surface area contributed by atoms with Gasteiger partial charge in [0, 0.05) is 24.4 Å². The van der Waals surface area contributed by atoms with Gasteiger partial charge in [0.2, 0.25) is 0 Å². The highest BCUT2D eigenvalue weighted by atomic mass is 19.1. The first-order chi connectivity index (χ1) is 10.3. The first-order valence-corrected chi connectivity index (χ1v) is 7.58. The highest BCUT2D eigenvalue weighted by Gasteiger charge is 2.40. The lowest BCUT2D eigenvalue weighted by Gasteiger charge is -2.35. The van der Waals surface area contributed by atoms with Crippen molar-refractivity contribution in [2.75, 3.05) is 13.2 Å². The third-order valence-corrected chi connectivity index (χ3v) is 4.75. The van der Waals surface area contributed by atoms with E-state index in [0.717, 1.165) is 31.1 Å². The van der Waals surface area contributed by atoms with E-state index in [4.69, 9.17) is 9.47 Å². The molecule has 0 N–H and O–H groups in total. The van der Waals surface area contributed by atoms with Crippen molar-refractivity contribution in [1.29, 1.82) is 0 Å². The van der Waals surface area contributed by atoms with Gasteiger partial charge in [0.05, 0.1) is 13.2 Å². The molecular weight excluding hydrogens is 269 g/mol. The topological polar surface area (TPSA) is 31.4 Å². The van der Waals surface area contributed by atoms with Crippen LogP contribution in [0.3, 0.4) is 0 Å². The number of rotatable bonds is 1. The van der Waals surface area contributed by atoms with Crippen molar-refractivity contribution in [2.24, 2.45) is 0 Å². The molecule has 21 heavy (non-hydrogen) atoms. The van der Waals surface area contributed by atoms with Crippen LogP contribution in [0.15, 0.2) is 30.5 Å². The van der Waals surface area contributed by atoms with E-state index in [9.17, 15) is 4.39 Å². The zero-order chi connectivity index (χ0) is 14.3. The molecule has 1 spiro atoms. The molecule has 2 aromatic rings. The molecule has 1 saturated carbocycles.